The Labute approximate surface area is 152 Å². The van der Waals surface area contributed by atoms with Gasteiger partial charge in [0.2, 0.25) is 0 Å². The van der Waals surface area contributed by atoms with Crippen molar-refractivity contribution in [1.29, 1.82) is 0 Å². The number of nitrogens with one attached hydrogen (secondary N) is 1. The van der Waals surface area contributed by atoms with Crippen LogP contribution in [-0.4, -0.2) is 49.1 Å². The fourth-order valence-electron chi connectivity index (χ4n) is 2.46. The van der Waals surface area contributed by atoms with Crippen molar-refractivity contribution in [3.8, 4) is 0 Å². The lowest BCUT2D eigenvalue weighted by molar-refractivity contribution is -0.146. The van der Waals surface area contributed by atoms with Gasteiger partial charge in [0.15, 0.2) is 5.96 Å². The summed E-state index contributed by atoms with van der Waals surface area (Å²) in [4.78, 5) is 23.6. The Morgan fingerprint density at radius 2 is 2.23 bits per heavy atom. The van der Waals surface area contributed by atoms with Gasteiger partial charge < -0.3 is 15.0 Å². The minimum Gasteiger partial charge on any atom is -0.469 e. The molecule has 0 aliphatic carbocycles. The van der Waals surface area contributed by atoms with Gasteiger partial charge in [-0.15, -0.1) is 35.3 Å². The third kappa shape index (κ3) is 5.08. The zero-order valence-electron chi connectivity index (χ0n) is 13.2. The summed E-state index contributed by atoms with van der Waals surface area (Å²) >= 11 is 1.69. The van der Waals surface area contributed by atoms with Crippen LogP contribution in [0.25, 0.3) is 0 Å². The number of piperidine rings is 1. The van der Waals surface area contributed by atoms with Crippen LogP contribution in [0.15, 0.2) is 11.2 Å². The first-order chi connectivity index (χ1) is 10.1. The second kappa shape index (κ2) is 9.29. The van der Waals surface area contributed by atoms with Gasteiger partial charge in [-0.1, -0.05) is 0 Å². The van der Waals surface area contributed by atoms with Gasteiger partial charge in [-0.25, -0.2) is 4.98 Å². The molecule has 1 N–H and O–H groups in total. The molecular weight excluding hydrogens is 415 g/mol. The van der Waals surface area contributed by atoms with E-state index in [1.807, 2.05) is 13.1 Å². The highest BCUT2D eigenvalue weighted by Gasteiger charge is 2.26. The van der Waals surface area contributed by atoms with E-state index >= 15 is 0 Å². The van der Waals surface area contributed by atoms with Crippen molar-refractivity contribution >= 4 is 47.2 Å². The molecule has 22 heavy (non-hydrogen) atoms. The number of carbonyl (C=O) groups excluding carboxylic acids is 1. The summed E-state index contributed by atoms with van der Waals surface area (Å²) in [6.07, 6.45) is 3.50. The Kier molecular flexibility index (Phi) is 8.08. The van der Waals surface area contributed by atoms with E-state index in [1.165, 1.54) is 12.0 Å². The summed E-state index contributed by atoms with van der Waals surface area (Å²) in [5, 5.41) is 4.39. The van der Waals surface area contributed by atoms with Crippen molar-refractivity contribution in [2.24, 2.45) is 10.9 Å². The summed E-state index contributed by atoms with van der Waals surface area (Å²) in [6, 6.07) is 0. The lowest BCUT2D eigenvalue weighted by atomic mass is 9.97. The van der Waals surface area contributed by atoms with Gasteiger partial charge in [0, 0.05) is 31.2 Å². The van der Waals surface area contributed by atoms with Gasteiger partial charge in [0.25, 0.3) is 0 Å². The molecule has 1 aromatic rings. The molecule has 1 aliphatic rings. The number of nitrogens with zero attached hydrogens (tertiary/aromatic N) is 3. The number of aromatic nitrogens is 1. The summed E-state index contributed by atoms with van der Waals surface area (Å²) in [6.45, 7) is 4.36. The summed E-state index contributed by atoms with van der Waals surface area (Å²) in [5.74, 6) is 0.785. The largest absolute Gasteiger partial charge is 0.469 e. The van der Waals surface area contributed by atoms with E-state index in [9.17, 15) is 4.79 Å². The van der Waals surface area contributed by atoms with Crippen LogP contribution >= 0.6 is 35.3 Å². The molecule has 1 fully saturated rings. The normalized spacial score (nSPS) is 16.1. The lowest BCUT2D eigenvalue weighted by Crippen LogP contribution is -2.46. The highest BCUT2D eigenvalue weighted by atomic mass is 127. The van der Waals surface area contributed by atoms with Crippen molar-refractivity contribution < 1.29 is 9.53 Å². The molecule has 1 aliphatic heterocycles. The highest BCUT2D eigenvalue weighted by molar-refractivity contribution is 14.0. The Morgan fingerprint density at radius 3 is 2.73 bits per heavy atom. The molecule has 1 aromatic heterocycles. The molecule has 0 atom stereocenters. The predicted molar refractivity (Wildman–Crippen MR) is 98.8 cm³/mol. The summed E-state index contributed by atoms with van der Waals surface area (Å²) in [5.41, 5.74) is 0. The van der Waals surface area contributed by atoms with Gasteiger partial charge >= 0.3 is 5.97 Å². The van der Waals surface area contributed by atoms with Gasteiger partial charge in [0.1, 0.15) is 5.01 Å². The fourth-order valence-corrected chi connectivity index (χ4v) is 3.19. The lowest BCUT2D eigenvalue weighted by Gasteiger charge is -2.33. The molecule has 0 radical (unpaired) electrons. The molecule has 0 aromatic carbocycles. The van der Waals surface area contributed by atoms with Crippen LogP contribution in [-0.2, 0) is 16.1 Å². The van der Waals surface area contributed by atoms with Crippen LogP contribution in [0.3, 0.4) is 0 Å². The maximum atomic E-state index is 11.5. The van der Waals surface area contributed by atoms with Crippen molar-refractivity contribution in [1.82, 2.24) is 15.2 Å². The van der Waals surface area contributed by atoms with E-state index in [1.54, 1.807) is 18.4 Å². The summed E-state index contributed by atoms with van der Waals surface area (Å²) in [7, 11) is 3.23. The number of thiazole rings is 1. The Bertz CT molecular complexity index is 513. The maximum Gasteiger partial charge on any atom is 0.308 e. The number of hydrogen-bond acceptors (Lipinski definition) is 5. The molecular formula is C14H23IN4O2S. The number of ether oxygens (including phenoxy) is 1. The molecule has 0 spiro atoms. The number of guanidine groups is 1. The quantitative estimate of drug-likeness (QED) is 0.339. The predicted octanol–water partition coefficient (Wildman–Crippen LogP) is 2.03. The fraction of sp³-hybridized carbons (Fsp3) is 0.643. The van der Waals surface area contributed by atoms with Gasteiger partial charge in [-0.05, 0) is 19.8 Å². The van der Waals surface area contributed by atoms with Crippen molar-refractivity contribution in [3.05, 3.63) is 16.1 Å². The number of esters is 1. The van der Waals surface area contributed by atoms with Crippen LogP contribution < -0.4 is 5.32 Å². The van der Waals surface area contributed by atoms with Crippen LogP contribution in [0, 0.1) is 12.8 Å². The third-order valence-corrected chi connectivity index (χ3v) is 4.52. The van der Waals surface area contributed by atoms with E-state index < -0.39 is 0 Å². The topological polar surface area (TPSA) is 66.8 Å². The SMILES string of the molecule is CN=C(NCc1ncc(C)s1)N1CCC(C(=O)OC)CC1.I. The average Bonchev–Trinajstić information content (AvgIpc) is 2.93. The molecule has 0 unspecified atom stereocenters. The second-order valence-corrected chi connectivity index (χ2v) is 6.37. The standard InChI is InChI=1S/C14H22N4O2S.HI/c1-10-8-16-12(21-10)9-17-14(15-2)18-6-4-11(5-7-18)13(19)20-3;/h8,11H,4-7,9H2,1-3H3,(H,15,17);1H. The van der Waals surface area contributed by atoms with E-state index in [4.69, 9.17) is 4.74 Å². The third-order valence-electron chi connectivity index (χ3n) is 3.61. The molecule has 0 bridgehead atoms. The molecule has 0 amide bonds. The molecule has 2 heterocycles. The first-order valence-corrected chi connectivity index (χ1v) is 7.90. The molecule has 6 nitrogen and oxygen atoms in total. The van der Waals surface area contributed by atoms with E-state index in [0.717, 1.165) is 36.9 Å². The molecule has 124 valence electrons. The van der Waals surface area contributed by atoms with Crippen LogP contribution in [0.5, 0.6) is 0 Å². The molecule has 2 rings (SSSR count). The maximum absolute atomic E-state index is 11.5. The Hall–Kier alpha value is -0.900. The number of methoxy groups -OCH3 is 1. The number of likely N-dealkylation sites (tertiary alicyclic amines) is 1. The first-order valence-electron chi connectivity index (χ1n) is 7.08. The zero-order chi connectivity index (χ0) is 15.2. The number of aliphatic imine (C=N–C) groups is 1. The first kappa shape index (κ1) is 19.1. The van der Waals surface area contributed by atoms with E-state index in [2.05, 4.69) is 20.2 Å². The minimum atomic E-state index is -0.101. The van der Waals surface area contributed by atoms with Crippen molar-refractivity contribution in [3.63, 3.8) is 0 Å². The monoisotopic (exact) mass is 438 g/mol. The molecule has 0 saturated carbocycles. The molecule has 1 saturated heterocycles. The number of aryl methyl sites for hydroxylation is 1. The van der Waals surface area contributed by atoms with Crippen LogP contribution in [0.4, 0.5) is 0 Å². The van der Waals surface area contributed by atoms with Crippen LogP contribution in [0.1, 0.15) is 22.7 Å². The van der Waals surface area contributed by atoms with Gasteiger partial charge in [0.05, 0.1) is 19.6 Å². The highest BCUT2D eigenvalue weighted by Crippen LogP contribution is 2.18. The summed E-state index contributed by atoms with van der Waals surface area (Å²) < 4.78 is 4.81. The number of carbonyl (C=O) groups is 1. The van der Waals surface area contributed by atoms with Crippen molar-refractivity contribution in [2.45, 2.75) is 26.3 Å². The van der Waals surface area contributed by atoms with E-state index in [-0.39, 0.29) is 35.9 Å². The van der Waals surface area contributed by atoms with Gasteiger partial charge in [-0.2, -0.15) is 0 Å². The average molecular weight is 438 g/mol. The molecule has 8 heteroatoms. The van der Waals surface area contributed by atoms with Gasteiger partial charge in [-0.3, -0.25) is 9.79 Å². The number of halogens is 1. The Balaban J connectivity index is 0.00000242. The van der Waals surface area contributed by atoms with Crippen molar-refractivity contribution in [2.75, 3.05) is 27.2 Å². The smallest absolute Gasteiger partial charge is 0.308 e. The second-order valence-electron chi connectivity index (χ2n) is 5.05. The Morgan fingerprint density at radius 1 is 1.55 bits per heavy atom. The van der Waals surface area contributed by atoms with Crippen LogP contribution in [0.2, 0.25) is 0 Å². The number of hydrogen-bond donors (Lipinski definition) is 1. The minimum absolute atomic E-state index is 0. The van der Waals surface area contributed by atoms with E-state index in [0.29, 0.717) is 6.54 Å². The number of rotatable bonds is 3. The zero-order valence-corrected chi connectivity index (χ0v) is 16.3.